The summed E-state index contributed by atoms with van der Waals surface area (Å²) in [7, 11) is -3.62. The van der Waals surface area contributed by atoms with E-state index >= 15 is 0 Å². The number of nitrogens with zero attached hydrogens (tertiary/aromatic N) is 1. The average Bonchev–Trinajstić information content (AvgIpc) is 2.72. The molecule has 1 fully saturated rings. The average molecular weight is 283 g/mol. The Morgan fingerprint density at radius 1 is 1.37 bits per heavy atom. The second kappa shape index (κ2) is 4.94. The maximum atomic E-state index is 12.6. The van der Waals surface area contributed by atoms with Gasteiger partial charge in [-0.15, -0.1) is 0 Å². The van der Waals surface area contributed by atoms with Crippen LogP contribution in [-0.4, -0.2) is 36.4 Å². The summed E-state index contributed by atoms with van der Waals surface area (Å²) in [6, 6.07) is 6.24. The highest BCUT2D eigenvalue weighted by Gasteiger charge is 2.42. The van der Waals surface area contributed by atoms with E-state index in [4.69, 9.17) is 5.11 Å². The van der Waals surface area contributed by atoms with Crippen LogP contribution in [0, 0.1) is 12.8 Å². The zero-order valence-electron chi connectivity index (χ0n) is 10.9. The first kappa shape index (κ1) is 14.0. The van der Waals surface area contributed by atoms with Gasteiger partial charge in [0.1, 0.15) is 0 Å². The van der Waals surface area contributed by atoms with Crippen LogP contribution in [0.2, 0.25) is 0 Å². The van der Waals surface area contributed by atoms with E-state index in [9.17, 15) is 13.2 Å². The molecule has 0 saturated carbocycles. The van der Waals surface area contributed by atoms with Crippen molar-refractivity contribution in [1.82, 2.24) is 4.31 Å². The van der Waals surface area contributed by atoms with Crippen LogP contribution in [0.1, 0.15) is 18.9 Å². The molecule has 104 valence electrons. The number of benzene rings is 1. The molecular formula is C13H17NO4S. The molecule has 1 aliphatic rings. The third kappa shape index (κ3) is 2.37. The number of sulfonamides is 1. The minimum atomic E-state index is -3.62. The van der Waals surface area contributed by atoms with Crippen LogP contribution in [0.3, 0.4) is 0 Å². The minimum absolute atomic E-state index is 0.257. The minimum Gasteiger partial charge on any atom is -0.481 e. The van der Waals surface area contributed by atoms with Gasteiger partial charge in [-0.3, -0.25) is 4.79 Å². The van der Waals surface area contributed by atoms with E-state index in [0.29, 0.717) is 12.0 Å². The van der Waals surface area contributed by atoms with E-state index < -0.39 is 28.0 Å². The van der Waals surface area contributed by atoms with Gasteiger partial charge < -0.3 is 5.11 Å². The first-order valence-electron chi connectivity index (χ1n) is 6.16. The summed E-state index contributed by atoms with van der Waals surface area (Å²) in [5, 5.41) is 9.07. The van der Waals surface area contributed by atoms with E-state index in [2.05, 4.69) is 0 Å². The van der Waals surface area contributed by atoms with Gasteiger partial charge in [-0.25, -0.2) is 8.42 Å². The second-order valence-electron chi connectivity index (χ2n) is 4.86. The first-order chi connectivity index (χ1) is 8.85. The Kier molecular flexibility index (Phi) is 3.64. The fourth-order valence-electron chi connectivity index (χ4n) is 2.55. The van der Waals surface area contributed by atoms with Gasteiger partial charge in [-0.05, 0) is 31.9 Å². The number of carboxylic acid groups (broad SMARTS) is 1. The Morgan fingerprint density at radius 3 is 2.53 bits per heavy atom. The fraction of sp³-hybridized carbons (Fsp3) is 0.462. The molecule has 0 aliphatic carbocycles. The van der Waals surface area contributed by atoms with Crippen molar-refractivity contribution in [3.05, 3.63) is 29.8 Å². The molecule has 2 unspecified atom stereocenters. The molecule has 6 heteroatoms. The Hall–Kier alpha value is -1.40. The van der Waals surface area contributed by atoms with Crippen molar-refractivity contribution in [3.8, 4) is 0 Å². The number of aryl methyl sites for hydroxylation is 1. The molecular weight excluding hydrogens is 266 g/mol. The van der Waals surface area contributed by atoms with Gasteiger partial charge in [0.15, 0.2) is 0 Å². The molecule has 1 heterocycles. The summed E-state index contributed by atoms with van der Waals surface area (Å²) in [5.41, 5.74) is 0.675. The van der Waals surface area contributed by atoms with E-state index in [0.717, 1.165) is 0 Å². The summed E-state index contributed by atoms with van der Waals surface area (Å²) < 4.78 is 26.4. The van der Waals surface area contributed by atoms with Crippen molar-refractivity contribution >= 4 is 16.0 Å². The number of carbonyl (C=O) groups is 1. The smallest absolute Gasteiger partial charge is 0.308 e. The van der Waals surface area contributed by atoms with E-state index in [1.165, 1.54) is 4.31 Å². The molecule has 0 bridgehead atoms. The van der Waals surface area contributed by atoms with Gasteiger partial charge in [0, 0.05) is 12.6 Å². The number of aliphatic carboxylic acids is 1. The SMILES string of the molecule is Cc1ccccc1S(=O)(=O)N1CCC(C(=O)O)C1C. The standard InChI is InChI=1S/C13H17NO4S/c1-9-5-3-4-6-12(9)19(17,18)14-8-7-11(10(14)2)13(15)16/h3-6,10-11H,7-8H2,1-2H3,(H,15,16). The normalized spacial score (nSPS) is 24.5. The van der Waals surface area contributed by atoms with Crippen molar-refractivity contribution in [2.75, 3.05) is 6.54 Å². The first-order valence-corrected chi connectivity index (χ1v) is 7.60. The lowest BCUT2D eigenvalue weighted by Gasteiger charge is -2.23. The van der Waals surface area contributed by atoms with Crippen molar-refractivity contribution in [3.63, 3.8) is 0 Å². The molecule has 1 saturated heterocycles. The molecule has 19 heavy (non-hydrogen) atoms. The molecule has 2 atom stereocenters. The molecule has 0 radical (unpaired) electrons. The molecule has 1 aliphatic heterocycles. The zero-order valence-corrected chi connectivity index (χ0v) is 11.7. The summed E-state index contributed by atoms with van der Waals surface area (Å²) in [5.74, 6) is -1.56. The third-order valence-corrected chi connectivity index (χ3v) is 5.84. The maximum Gasteiger partial charge on any atom is 0.308 e. The quantitative estimate of drug-likeness (QED) is 0.911. The molecule has 5 nitrogen and oxygen atoms in total. The lowest BCUT2D eigenvalue weighted by Crippen LogP contribution is -2.37. The molecule has 0 spiro atoms. The Balaban J connectivity index is 2.37. The van der Waals surface area contributed by atoms with E-state index in [1.54, 1.807) is 38.1 Å². The van der Waals surface area contributed by atoms with Crippen molar-refractivity contribution in [2.45, 2.75) is 31.2 Å². The highest BCUT2D eigenvalue weighted by molar-refractivity contribution is 7.89. The fourth-order valence-corrected chi connectivity index (χ4v) is 4.46. The zero-order chi connectivity index (χ0) is 14.2. The van der Waals surface area contributed by atoms with Gasteiger partial charge in [0.2, 0.25) is 10.0 Å². The number of rotatable bonds is 3. The number of hydrogen-bond acceptors (Lipinski definition) is 3. The summed E-state index contributed by atoms with van der Waals surface area (Å²) in [6.07, 6.45) is 0.363. The molecule has 2 rings (SSSR count). The van der Waals surface area contributed by atoms with Gasteiger partial charge in [0.05, 0.1) is 10.8 Å². The Labute approximate surface area is 112 Å². The molecule has 0 aromatic heterocycles. The number of carboxylic acids is 1. The third-order valence-electron chi connectivity index (χ3n) is 3.69. The lowest BCUT2D eigenvalue weighted by atomic mass is 10.0. The molecule has 1 aromatic carbocycles. The van der Waals surface area contributed by atoms with E-state index in [-0.39, 0.29) is 11.4 Å². The largest absolute Gasteiger partial charge is 0.481 e. The van der Waals surface area contributed by atoms with Crippen molar-refractivity contribution in [1.29, 1.82) is 0 Å². The summed E-state index contributed by atoms with van der Waals surface area (Å²) in [6.45, 7) is 3.65. The Morgan fingerprint density at radius 2 is 2.00 bits per heavy atom. The lowest BCUT2D eigenvalue weighted by molar-refractivity contribution is -0.142. The maximum absolute atomic E-state index is 12.6. The number of hydrogen-bond donors (Lipinski definition) is 1. The monoisotopic (exact) mass is 283 g/mol. The molecule has 1 aromatic rings. The molecule has 1 N–H and O–H groups in total. The highest BCUT2D eigenvalue weighted by atomic mass is 32.2. The predicted molar refractivity (Wildman–Crippen MR) is 70.3 cm³/mol. The van der Waals surface area contributed by atoms with Crippen LogP contribution in [0.15, 0.2) is 29.2 Å². The summed E-state index contributed by atoms with van der Waals surface area (Å²) in [4.78, 5) is 11.3. The van der Waals surface area contributed by atoms with Crippen LogP contribution in [0.5, 0.6) is 0 Å². The highest BCUT2D eigenvalue weighted by Crippen LogP contribution is 2.31. The van der Waals surface area contributed by atoms with Crippen molar-refractivity contribution in [2.24, 2.45) is 5.92 Å². The van der Waals surface area contributed by atoms with Crippen LogP contribution >= 0.6 is 0 Å². The van der Waals surface area contributed by atoms with Gasteiger partial charge in [-0.1, -0.05) is 18.2 Å². The van der Waals surface area contributed by atoms with Crippen molar-refractivity contribution < 1.29 is 18.3 Å². The second-order valence-corrected chi connectivity index (χ2v) is 6.71. The predicted octanol–water partition coefficient (Wildman–Crippen LogP) is 1.48. The van der Waals surface area contributed by atoms with Crippen LogP contribution in [0.4, 0.5) is 0 Å². The van der Waals surface area contributed by atoms with Gasteiger partial charge >= 0.3 is 5.97 Å². The molecule has 0 amide bonds. The van der Waals surface area contributed by atoms with E-state index in [1.807, 2.05) is 0 Å². The van der Waals surface area contributed by atoms with Crippen LogP contribution in [-0.2, 0) is 14.8 Å². The summed E-state index contributed by atoms with van der Waals surface area (Å²) >= 11 is 0. The van der Waals surface area contributed by atoms with Crippen LogP contribution in [0.25, 0.3) is 0 Å². The van der Waals surface area contributed by atoms with Gasteiger partial charge in [0.25, 0.3) is 0 Å². The van der Waals surface area contributed by atoms with Gasteiger partial charge in [-0.2, -0.15) is 4.31 Å². The Bertz CT molecular complexity index is 596. The topological polar surface area (TPSA) is 74.7 Å². The van der Waals surface area contributed by atoms with Crippen LogP contribution < -0.4 is 0 Å².